The number of methoxy groups -OCH3 is 1. The molecule has 0 unspecified atom stereocenters. The highest BCUT2D eigenvalue weighted by atomic mass is 32.2. The molecule has 6 nitrogen and oxygen atoms in total. The molecule has 0 N–H and O–H groups in total. The Bertz CT molecular complexity index is 1010. The van der Waals surface area contributed by atoms with Gasteiger partial charge in [-0.3, -0.25) is 4.79 Å². The number of hydrogen-bond donors (Lipinski definition) is 0. The van der Waals surface area contributed by atoms with Crippen LogP contribution in [0.5, 0.6) is 5.75 Å². The van der Waals surface area contributed by atoms with Gasteiger partial charge in [0.25, 0.3) is 0 Å². The van der Waals surface area contributed by atoms with Crippen molar-refractivity contribution in [3.63, 3.8) is 0 Å². The van der Waals surface area contributed by atoms with Crippen molar-refractivity contribution in [2.75, 3.05) is 33.3 Å². The molecule has 1 heterocycles. The van der Waals surface area contributed by atoms with E-state index >= 15 is 0 Å². The Kier molecular flexibility index (Phi) is 6.53. The summed E-state index contributed by atoms with van der Waals surface area (Å²) in [6.07, 6.45) is 0.298. The largest absolute Gasteiger partial charge is 0.497 e. The van der Waals surface area contributed by atoms with E-state index in [0.29, 0.717) is 37.5 Å². The topological polar surface area (TPSA) is 66.9 Å². The average Bonchev–Trinajstić information content (AvgIpc) is 2.73. The third kappa shape index (κ3) is 4.37. The van der Waals surface area contributed by atoms with Crippen LogP contribution in [0.25, 0.3) is 0 Å². The molecule has 0 bridgehead atoms. The second-order valence-electron chi connectivity index (χ2n) is 7.90. The molecule has 3 rings (SSSR count). The Morgan fingerprint density at radius 3 is 1.97 bits per heavy atom. The van der Waals surface area contributed by atoms with E-state index in [2.05, 4.69) is 0 Å². The average molecular weight is 431 g/mol. The van der Waals surface area contributed by atoms with Crippen LogP contribution in [-0.2, 0) is 21.2 Å². The van der Waals surface area contributed by atoms with Crippen LogP contribution in [0.4, 0.5) is 0 Å². The van der Waals surface area contributed by atoms with E-state index < -0.39 is 10.0 Å². The highest BCUT2D eigenvalue weighted by Crippen LogP contribution is 2.29. The third-order valence-electron chi connectivity index (χ3n) is 6.00. The number of amides is 1. The Hall–Kier alpha value is -2.38. The first kappa shape index (κ1) is 22.3. The molecule has 1 aliphatic rings. The predicted octanol–water partition coefficient (Wildman–Crippen LogP) is 3.00. The summed E-state index contributed by atoms with van der Waals surface area (Å²) in [6, 6.07) is 9.45. The Morgan fingerprint density at radius 1 is 0.933 bits per heavy atom. The molecule has 0 radical (unpaired) electrons. The number of carbonyl (C=O) groups is 1. The molecule has 1 aliphatic heterocycles. The smallest absolute Gasteiger partial charge is 0.243 e. The first-order chi connectivity index (χ1) is 14.1. The Morgan fingerprint density at radius 2 is 1.47 bits per heavy atom. The molecule has 2 aromatic carbocycles. The summed E-state index contributed by atoms with van der Waals surface area (Å²) in [6.45, 7) is 9.03. The molecule has 30 heavy (non-hydrogen) atoms. The van der Waals surface area contributed by atoms with Crippen molar-refractivity contribution < 1.29 is 17.9 Å². The summed E-state index contributed by atoms with van der Waals surface area (Å²) < 4.78 is 33.4. The number of piperazine rings is 1. The molecule has 0 aliphatic carbocycles. The zero-order valence-corrected chi connectivity index (χ0v) is 19.2. The zero-order valence-electron chi connectivity index (χ0n) is 18.4. The van der Waals surface area contributed by atoms with Crippen molar-refractivity contribution in [2.45, 2.75) is 39.0 Å². The van der Waals surface area contributed by atoms with Crippen LogP contribution >= 0.6 is 0 Å². The van der Waals surface area contributed by atoms with Gasteiger partial charge in [0, 0.05) is 26.2 Å². The van der Waals surface area contributed by atoms with E-state index in [-0.39, 0.29) is 5.91 Å². The fourth-order valence-electron chi connectivity index (χ4n) is 3.90. The lowest BCUT2D eigenvalue weighted by molar-refractivity contribution is -0.131. The molecule has 1 saturated heterocycles. The van der Waals surface area contributed by atoms with E-state index in [9.17, 15) is 13.2 Å². The maximum Gasteiger partial charge on any atom is 0.243 e. The molecule has 1 fully saturated rings. The number of nitrogens with zero attached hydrogens (tertiary/aromatic N) is 2. The first-order valence-electron chi connectivity index (χ1n) is 10.1. The fraction of sp³-hybridized carbons (Fsp3) is 0.435. The fourth-order valence-corrected chi connectivity index (χ4v) is 5.90. The normalized spacial score (nSPS) is 15.3. The summed E-state index contributed by atoms with van der Waals surface area (Å²) in [5, 5.41) is 0. The summed E-state index contributed by atoms with van der Waals surface area (Å²) in [4.78, 5) is 14.8. The number of aryl methyl sites for hydroxylation is 2. The van der Waals surface area contributed by atoms with Crippen molar-refractivity contribution in [1.29, 1.82) is 0 Å². The summed E-state index contributed by atoms with van der Waals surface area (Å²) in [5.74, 6) is 0.762. The predicted molar refractivity (Wildman–Crippen MR) is 117 cm³/mol. The molecule has 2 aromatic rings. The number of sulfonamides is 1. The number of hydrogen-bond acceptors (Lipinski definition) is 4. The van der Waals surface area contributed by atoms with Crippen molar-refractivity contribution in [2.24, 2.45) is 0 Å². The van der Waals surface area contributed by atoms with Gasteiger partial charge in [-0.2, -0.15) is 4.31 Å². The molecular weight excluding hydrogens is 400 g/mol. The minimum atomic E-state index is -3.60. The number of carbonyl (C=O) groups excluding carboxylic acids is 1. The molecule has 0 spiro atoms. The molecule has 1 amide bonds. The number of benzene rings is 2. The maximum atomic E-state index is 13.4. The lowest BCUT2D eigenvalue weighted by Gasteiger charge is -2.35. The van der Waals surface area contributed by atoms with E-state index in [1.807, 2.05) is 58.0 Å². The second-order valence-corrected chi connectivity index (χ2v) is 9.77. The van der Waals surface area contributed by atoms with E-state index in [4.69, 9.17) is 4.74 Å². The lowest BCUT2D eigenvalue weighted by Crippen LogP contribution is -2.51. The molecule has 0 atom stereocenters. The van der Waals surface area contributed by atoms with Crippen LogP contribution in [0.2, 0.25) is 0 Å². The lowest BCUT2D eigenvalue weighted by atomic mass is 10.0. The van der Waals surface area contributed by atoms with Crippen LogP contribution in [-0.4, -0.2) is 56.8 Å². The van der Waals surface area contributed by atoms with Crippen LogP contribution in [0, 0.1) is 27.7 Å². The highest BCUT2D eigenvalue weighted by Gasteiger charge is 2.32. The van der Waals surface area contributed by atoms with Gasteiger partial charge >= 0.3 is 0 Å². The van der Waals surface area contributed by atoms with Gasteiger partial charge in [0.05, 0.1) is 18.4 Å². The van der Waals surface area contributed by atoms with Crippen LogP contribution in [0.15, 0.2) is 35.2 Å². The van der Waals surface area contributed by atoms with Crippen LogP contribution in [0.3, 0.4) is 0 Å². The van der Waals surface area contributed by atoms with Crippen LogP contribution in [0.1, 0.15) is 27.8 Å². The van der Waals surface area contributed by atoms with Gasteiger partial charge in [0.1, 0.15) is 5.75 Å². The quantitative estimate of drug-likeness (QED) is 0.731. The summed E-state index contributed by atoms with van der Waals surface area (Å²) in [5.41, 5.74) is 4.47. The Labute approximate surface area is 179 Å². The standard InChI is InChI=1S/C23H30N2O4S/c1-16-14-17(2)19(4)23(18(16)3)30(27,28)25-12-10-24(11-13-25)22(26)15-20-6-8-21(29-5)9-7-20/h6-9,14H,10-13,15H2,1-5H3. The number of rotatable bonds is 5. The third-order valence-corrected chi connectivity index (χ3v) is 8.17. The zero-order chi connectivity index (χ0) is 22.1. The van der Waals surface area contributed by atoms with Gasteiger partial charge in [-0.1, -0.05) is 18.2 Å². The highest BCUT2D eigenvalue weighted by molar-refractivity contribution is 7.89. The minimum absolute atomic E-state index is 0.0102. The summed E-state index contributed by atoms with van der Waals surface area (Å²) in [7, 11) is -2.00. The molecule has 162 valence electrons. The SMILES string of the molecule is COc1ccc(CC(=O)N2CCN(S(=O)(=O)c3c(C)c(C)cc(C)c3C)CC2)cc1. The van der Waals surface area contributed by atoms with Crippen molar-refractivity contribution in [3.8, 4) is 5.75 Å². The van der Waals surface area contributed by atoms with Gasteiger partial charge < -0.3 is 9.64 Å². The van der Waals surface area contributed by atoms with Gasteiger partial charge in [-0.25, -0.2) is 8.42 Å². The minimum Gasteiger partial charge on any atom is -0.497 e. The maximum absolute atomic E-state index is 13.4. The van der Waals surface area contributed by atoms with Gasteiger partial charge in [-0.05, 0) is 67.6 Å². The van der Waals surface area contributed by atoms with Gasteiger partial charge in [0.2, 0.25) is 15.9 Å². The van der Waals surface area contributed by atoms with Crippen molar-refractivity contribution in [1.82, 2.24) is 9.21 Å². The second kappa shape index (κ2) is 8.78. The number of ether oxygens (including phenoxy) is 1. The van der Waals surface area contributed by atoms with Gasteiger partial charge in [-0.15, -0.1) is 0 Å². The molecule has 7 heteroatoms. The van der Waals surface area contributed by atoms with E-state index in [1.54, 1.807) is 12.0 Å². The van der Waals surface area contributed by atoms with Crippen LogP contribution < -0.4 is 4.74 Å². The van der Waals surface area contributed by atoms with E-state index in [0.717, 1.165) is 33.6 Å². The van der Waals surface area contributed by atoms with Crippen molar-refractivity contribution >= 4 is 15.9 Å². The van der Waals surface area contributed by atoms with Gasteiger partial charge in [0.15, 0.2) is 0 Å². The molecule has 0 aromatic heterocycles. The molecular formula is C23H30N2O4S. The van der Waals surface area contributed by atoms with Crippen molar-refractivity contribution in [3.05, 3.63) is 58.1 Å². The monoisotopic (exact) mass is 430 g/mol. The summed E-state index contributed by atoms with van der Waals surface area (Å²) >= 11 is 0. The molecule has 0 saturated carbocycles. The first-order valence-corrected chi connectivity index (χ1v) is 11.6. The Balaban J connectivity index is 1.69. The van der Waals surface area contributed by atoms with E-state index in [1.165, 1.54) is 4.31 Å².